The third-order valence-electron chi connectivity index (χ3n) is 10.6. The average Bonchev–Trinajstić information content (AvgIpc) is 4.16. The molecule has 0 unspecified atom stereocenters. The fourth-order valence-electron chi connectivity index (χ4n) is 7.38. The van der Waals surface area contributed by atoms with Crippen molar-refractivity contribution in [2.45, 2.75) is 53.1 Å². The predicted octanol–water partition coefficient (Wildman–Crippen LogP) is 10.0. The van der Waals surface area contributed by atoms with Crippen LogP contribution in [0.5, 0.6) is 0 Å². The maximum absolute atomic E-state index is 13.0. The van der Waals surface area contributed by atoms with Crippen molar-refractivity contribution in [3.63, 3.8) is 0 Å². The highest BCUT2D eigenvalue weighted by Crippen LogP contribution is 2.29. The molecule has 7 heterocycles. The van der Waals surface area contributed by atoms with Crippen molar-refractivity contribution < 1.29 is 23.9 Å². The van der Waals surface area contributed by atoms with Gasteiger partial charge in [-0.05, 0) is 98.8 Å². The largest absolute Gasteiger partial charge is 0.444 e. The number of amides is 2. The Morgan fingerprint density at radius 2 is 1.25 bits per heavy atom. The molecule has 0 saturated carbocycles. The number of ether oxygens (including phenoxy) is 1. The summed E-state index contributed by atoms with van der Waals surface area (Å²) >= 11 is 2.81. The second-order valence-corrected chi connectivity index (χ2v) is 18.9. The highest BCUT2D eigenvalue weighted by atomic mass is 32.1. The van der Waals surface area contributed by atoms with E-state index < -0.39 is 5.60 Å². The summed E-state index contributed by atoms with van der Waals surface area (Å²) in [7, 11) is 0. The van der Waals surface area contributed by atoms with E-state index in [2.05, 4.69) is 56.8 Å². The van der Waals surface area contributed by atoms with Crippen LogP contribution in [0.4, 0.5) is 16.2 Å². The Kier molecular flexibility index (Phi) is 13.3. The van der Waals surface area contributed by atoms with Crippen LogP contribution in [0.25, 0.3) is 33.8 Å². The molecule has 1 saturated heterocycles. The number of hydrogen-bond acceptors (Lipinski definition) is 12. The molecular formula is C49H49N9O5S2. The van der Waals surface area contributed by atoms with E-state index in [0.717, 1.165) is 34.7 Å². The van der Waals surface area contributed by atoms with Gasteiger partial charge in [0.2, 0.25) is 17.5 Å². The third-order valence-corrected chi connectivity index (χ3v) is 12.3. The van der Waals surface area contributed by atoms with Crippen molar-refractivity contribution in [3.8, 4) is 22.5 Å². The Hall–Kier alpha value is -7.04. The van der Waals surface area contributed by atoms with Crippen molar-refractivity contribution in [2.75, 3.05) is 30.3 Å². The van der Waals surface area contributed by atoms with E-state index in [1.54, 1.807) is 44.8 Å². The van der Waals surface area contributed by atoms with E-state index in [-0.39, 0.29) is 29.5 Å². The van der Waals surface area contributed by atoms with Crippen LogP contribution in [0, 0.1) is 11.8 Å². The number of fused-ring (bicyclic) bond motifs is 2. The minimum absolute atomic E-state index is 0.0444. The number of rotatable bonds is 11. The zero-order valence-corrected chi connectivity index (χ0v) is 38.4. The number of thiophene rings is 2. The maximum Gasteiger partial charge on any atom is 0.410 e. The number of nitrogens with zero attached hydrogens (tertiary/aromatic N) is 7. The first-order chi connectivity index (χ1) is 31.3. The van der Waals surface area contributed by atoms with Gasteiger partial charge in [0.1, 0.15) is 5.60 Å². The molecule has 0 bridgehead atoms. The summed E-state index contributed by atoms with van der Waals surface area (Å²) in [5.74, 6) is 0.143. The van der Waals surface area contributed by atoms with Crippen molar-refractivity contribution >= 4 is 68.9 Å². The molecule has 2 N–H and O–H groups in total. The molecule has 16 heteroatoms. The summed E-state index contributed by atoms with van der Waals surface area (Å²) in [6.07, 6.45) is 7.34. The van der Waals surface area contributed by atoms with Crippen LogP contribution >= 0.6 is 22.7 Å². The fourth-order valence-corrected chi connectivity index (χ4v) is 8.74. The van der Waals surface area contributed by atoms with E-state index in [1.165, 1.54) is 22.7 Å². The van der Waals surface area contributed by atoms with E-state index >= 15 is 0 Å². The molecule has 1 aliphatic heterocycles. The summed E-state index contributed by atoms with van der Waals surface area (Å²) in [4.78, 5) is 62.8. The number of aromatic nitrogens is 6. The Labute approximate surface area is 384 Å². The van der Waals surface area contributed by atoms with Gasteiger partial charge in [0, 0.05) is 60.4 Å². The van der Waals surface area contributed by atoms with Gasteiger partial charge in [-0.2, -0.15) is 10.2 Å². The van der Waals surface area contributed by atoms with Gasteiger partial charge < -0.3 is 20.3 Å². The lowest BCUT2D eigenvalue weighted by Gasteiger charge is -2.32. The molecule has 2 amide bonds. The van der Waals surface area contributed by atoms with E-state index in [9.17, 15) is 19.2 Å². The number of hydrogen-bond donors (Lipinski definition) is 2. The van der Waals surface area contributed by atoms with Crippen molar-refractivity contribution in [2.24, 2.45) is 11.8 Å². The predicted molar refractivity (Wildman–Crippen MR) is 255 cm³/mol. The van der Waals surface area contributed by atoms with Crippen LogP contribution in [0.1, 0.15) is 77.9 Å². The molecule has 332 valence electrons. The molecule has 14 nitrogen and oxygen atoms in total. The first-order valence-corrected chi connectivity index (χ1v) is 23.1. The summed E-state index contributed by atoms with van der Waals surface area (Å²) in [5.41, 5.74) is 6.70. The number of ketones is 2. The fraction of sp³-hybridized carbons (Fsp3) is 0.265. The van der Waals surface area contributed by atoms with E-state index in [1.807, 2.05) is 98.3 Å². The smallest absolute Gasteiger partial charge is 0.410 e. The van der Waals surface area contributed by atoms with Gasteiger partial charge in [-0.15, -0.1) is 22.7 Å². The van der Waals surface area contributed by atoms with Crippen molar-refractivity contribution in [3.05, 3.63) is 141 Å². The van der Waals surface area contributed by atoms with Gasteiger partial charge in [-0.1, -0.05) is 50.2 Å². The number of benzene rings is 2. The summed E-state index contributed by atoms with van der Waals surface area (Å²) in [6.45, 7) is 11.8. The maximum atomic E-state index is 13.0. The van der Waals surface area contributed by atoms with Crippen molar-refractivity contribution in [1.29, 1.82) is 0 Å². The molecule has 2 aromatic carbocycles. The SMILES string of the molecule is CC(C)(C)OC(=O)N1CCC(C(=O)Nc2cccc(-c3ccnc4c(C(=O)c5cccs5)cnn34)c2)CC1.CC(C)CNc1cccc(-c2ccnc3c(C(=O)c4cccs4)cnn23)c1. The molecule has 6 aromatic heterocycles. The zero-order valence-electron chi connectivity index (χ0n) is 36.7. The Balaban J connectivity index is 0.000000188. The molecule has 8 aromatic rings. The lowest BCUT2D eigenvalue weighted by molar-refractivity contribution is -0.121. The number of carbonyl (C=O) groups excluding carboxylic acids is 4. The highest BCUT2D eigenvalue weighted by molar-refractivity contribution is 7.12. The van der Waals surface area contributed by atoms with Gasteiger partial charge in [-0.25, -0.2) is 23.8 Å². The molecule has 0 atom stereocenters. The summed E-state index contributed by atoms with van der Waals surface area (Å²) in [5, 5.41) is 19.1. The highest BCUT2D eigenvalue weighted by Gasteiger charge is 2.30. The van der Waals surface area contributed by atoms with E-state index in [0.29, 0.717) is 69.7 Å². The topological polar surface area (TPSA) is 165 Å². The Morgan fingerprint density at radius 3 is 1.74 bits per heavy atom. The first-order valence-electron chi connectivity index (χ1n) is 21.4. The van der Waals surface area contributed by atoms with E-state index in [4.69, 9.17) is 4.74 Å². The minimum Gasteiger partial charge on any atom is -0.444 e. The molecule has 1 aliphatic rings. The lowest BCUT2D eigenvalue weighted by atomic mass is 9.96. The van der Waals surface area contributed by atoms with Crippen LogP contribution in [0.2, 0.25) is 0 Å². The molecule has 0 spiro atoms. The first kappa shape index (κ1) is 44.6. The van der Waals surface area contributed by atoms with Gasteiger partial charge in [-0.3, -0.25) is 14.4 Å². The summed E-state index contributed by atoms with van der Waals surface area (Å²) in [6, 6.07) is 26.8. The summed E-state index contributed by atoms with van der Waals surface area (Å²) < 4.78 is 8.83. The number of likely N-dealkylation sites (tertiary alicyclic amines) is 1. The zero-order chi connectivity index (χ0) is 45.7. The Morgan fingerprint density at radius 1 is 0.723 bits per heavy atom. The van der Waals surface area contributed by atoms with Crippen LogP contribution < -0.4 is 10.6 Å². The quantitative estimate of drug-likeness (QED) is 0.119. The molecule has 65 heavy (non-hydrogen) atoms. The van der Waals surface area contributed by atoms with Crippen LogP contribution in [0.15, 0.2) is 120 Å². The second-order valence-electron chi connectivity index (χ2n) is 17.0. The number of anilines is 2. The standard InChI is InChI=1S/C28H29N5O4S.C21H20N4OS/c1-28(2,3)37-27(36)32-13-10-18(11-14-32)26(35)31-20-7-4-6-19(16-20)22-9-12-29-25-21(17-30-33(22)25)24(34)23-8-5-15-38-23;1-14(2)12-23-16-6-3-5-15(11-16)18-8-9-22-21-17(13-24-25(18)21)20(26)19-7-4-10-27-19/h4-9,12,15-18H,10-11,13-14H2,1-3H3,(H,31,35);3-11,13-14,23H,12H2,1-2H3. The van der Waals surface area contributed by atoms with Crippen LogP contribution in [-0.2, 0) is 9.53 Å². The van der Waals surface area contributed by atoms with Gasteiger partial charge in [0.05, 0.1) is 44.7 Å². The molecular weight excluding hydrogens is 859 g/mol. The molecule has 1 fully saturated rings. The minimum atomic E-state index is -0.548. The van der Waals surface area contributed by atoms with Crippen LogP contribution in [0.3, 0.4) is 0 Å². The average molecular weight is 908 g/mol. The normalized spacial score (nSPS) is 13.1. The lowest BCUT2D eigenvalue weighted by Crippen LogP contribution is -2.43. The molecule has 0 radical (unpaired) electrons. The molecule has 0 aliphatic carbocycles. The monoisotopic (exact) mass is 907 g/mol. The Bertz CT molecular complexity index is 2960. The number of carbonyl (C=O) groups is 4. The number of piperidine rings is 1. The third kappa shape index (κ3) is 10.3. The van der Waals surface area contributed by atoms with Crippen molar-refractivity contribution in [1.82, 2.24) is 34.1 Å². The second kappa shape index (κ2) is 19.4. The van der Waals surface area contributed by atoms with Crippen LogP contribution in [-0.4, -0.2) is 82.9 Å². The van der Waals surface area contributed by atoms with Gasteiger partial charge in [0.15, 0.2) is 11.3 Å². The number of nitrogens with one attached hydrogen (secondary N) is 2. The van der Waals surface area contributed by atoms with Gasteiger partial charge >= 0.3 is 6.09 Å². The van der Waals surface area contributed by atoms with Gasteiger partial charge in [0.25, 0.3) is 0 Å². The molecule has 9 rings (SSSR count).